The van der Waals surface area contributed by atoms with Gasteiger partial charge in [0.25, 0.3) is 5.91 Å². The molecule has 32 heavy (non-hydrogen) atoms. The van der Waals surface area contributed by atoms with Crippen LogP contribution in [0.15, 0.2) is 78.9 Å². The molecule has 6 nitrogen and oxygen atoms in total. The van der Waals surface area contributed by atoms with Crippen LogP contribution >= 0.6 is 0 Å². The van der Waals surface area contributed by atoms with Crippen LogP contribution < -0.4 is 10.1 Å². The molecular weight excluding hydrogens is 402 g/mol. The maximum absolute atomic E-state index is 12.8. The maximum Gasteiger partial charge on any atom is 0.321 e. The average Bonchev–Trinajstić information content (AvgIpc) is 2.85. The molecule has 164 valence electrons. The first-order valence-electron chi connectivity index (χ1n) is 10.7. The van der Waals surface area contributed by atoms with Gasteiger partial charge in [0, 0.05) is 49.4 Å². The number of carbonyl (C=O) groups is 2. The number of ether oxygens (including phenoxy) is 1. The molecule has 1 fully saturated rings. The second-order valence-corrected chi connectivity index (χ2v) is 7.76. The van der Waals surface area contributed by atoms with Gasteiger partial charge >= 0.3 is 6.03 Å². The van der Waals surface area contributed by atoms with E-state index in [0.717, 1.165) is 17.0 Å². The van der Waals surface area contributed by atoms with Crippen molar-refractivity contribution in [2.75, 3.05) is 38.6 Å². The van der Waals surface area contributed by atoms with Crippen LogP contribution in [-0.2, 0) is 6.42 Å². The first-order valence-corrected chi connectivity index (χ1v) is 10.7. The van der Waals surface area contributed by atoms with Crippen LogP contribution in [0.4, 0.5) is 10.5 Å². The van der Waals surface area contributed by atoms with Gasteiger partial charge in [-0.15, -0.1) is 0 Å². The SMILES string of the molecule is COc1ccc(NC(=O)N2CCN(C(=O)c3ccccc3)CC2)cc1Cc1ccccc1. The monoisotopic (exact) mass is 429 g/mol. The summed E-state index contributed by atoms with van der Waals surface area (Å²) in [6.45, 7) is 2.03. The summed E-state index contributed by atoms with van der Waals surface area (Å²) in [5.41, 5.74) is 3.59. The lowest BCUT2D eigenvalue weighted by Crippen LogP contribution is -2.51. The molecule has 4 rings (SSSR count). The predicted octanol–water partition coefficient (Wildman–Crippen LogP) is 4.28. The number of urea groups is 1. The van der Waals surface area contributed by atoms with Gasteiger partial charge in [-0.2, -0.15) is 0 Å². The van der Waals surface area contributed by atoms with E-state index in [1.54, 1.807) is 16.9 Å². The van der Waals surface area contributed by atoms with Gasteiger partial charge in [-0.3, -0.25) is 4.79 Å². The highest BCUT2D eigenvalue weighted by atomic mass is 16.5. The number of benzene rings is 3. The zero-order chi connectivity index (χ0) is 22.3. The molecule has 1 N–H and O–H groups in total. The number of piperazine rings is 1. The van der Waals surface area contributed by atoms with E-state index < -0.39 is 0 Å². The average molecular weight is 430 g/mol. The lowest BCUT2D eigenvalue weighted by molar-refractivity contribution is 0.0671. The summed E-state index contributed by atoms with van der Waals surface area (Å²) in [6.07, 6.45) is 0.716. The van der Waals surface area contributed by atoms with E-state index in [-0.39, 0.29) is 11.9 Å². The summed E-state index contributed by atoms with van der Waals surface area (Å²) in [5, 5.41) is 2.99. The van der Waals surface area contributed by atoms with Crippen LogP contribution in [0.2, 0.25) is 0 Å². The molecular formula is C26H27N3O3. The summed E-state index contributed by atoms with van der Waals surface area (Å²) in [5.74, 6) is 0.797. The van der Waals surface area contributed by atoms with E-state index >= 15 is 0 Å². The first-order chi connectivity index (χ1) is 15.6. The minimum Gasteiger partial charge on any atom is -0.496 e. The van der Waals surface area contributed by atoms with Crippen LogP contribution in [0.25, 0.3) is 0 Å². The van der Waals surface area contributed by atoms with Crippen molar-refractivity contribution in [1.82, 2.24) is 9.80 Å². The van der Waals surface area contributed by atoms with Crippen molar-refractivity contribution in [3.8, 4) is 5.75 Å². The van der Waals surface area contributed by atoms with Crippen molar-refractivity contribution < 1.29 is 14.3 Å². The topological polar surface area (TPSA) is 61.9 Å². The summed E-state index contributed by atoms with van der Waals surface area (Å²) in [6, 6.07) is 24.9. The van der Waals surface area contributed by atoms with E-state index in [1.807, 2.05) is 66.7 Å². The standard InChI is InChI=1S/C26H27N3O3/c1-32-24-13-12-23(19-22(24)18-20-8-4-2-5-9-20)27-26(31)29-16-14-28(15-17-29)25(30)21-10-6-3-7-11-21/h2-13,19H,14-18H2,1H3,(H,27,31). The Kier molecular flexibility index (Phi) is 6.70. The lowest BCUT2D eigenvalue weighted by Gasteiger charge is -2.34. The highest BCUT2D eigenvalue weighted by Crippen LogP contribution is 2.25. The number of nitrogens with zero attached hydrogens (tertiary/aromatic N) is 2. The smallest absolute Gasteiger partial charge is 0.321 e. The Morgan fingerprint density at radius 3 is 2.12 bits per heavy atom. The maximum atomic E-state index is 12.8. The quantitative estimate of drug-likeness (QED) is 0.659. The summed E-state index contributed by atoms with van der Waals surface area (Å²) in [4.78, 5) is 29.0. The lowest BCUT2D eigenvalue weighted by atomic mass is 10.0. The van der Waals surface area contributed by atoms with E-state index in [2.05, 4.69) is 17.4 Å². The molecule has 0 unspecified atom stereocenters. The molecule has 0 saturated carbocycles. The zero-order valence-corrected chi connectivity index (χ0v) is 18.2. The number of amides is 3. The molecule has 0 aliphatic carbocycles. The molecule has 0 bridgehead atoms. The largest absolute Gasteiger partial charge is 0.496 e. The number of rotatable bonds is 5. The molecule has 1 aliphatic heterocycles. The molecule has 0 radical (unpaired) electrons. The molecule has 0 spiro atoms. The molecule has 1 saturated heterocycles. The van der Waals surface area contributed by atoms with Gasteiger partial charge in [0.05, 0.1) is 7.11 Å². The zero-order valence-electron chi connectivity index (χ0n) is 18.2. The number of carbonyl (C=O) groups excluding carboxylic acids is 2. The third-order valence-corrected chi connectivity index (χ3v) is 5.64. The van der Waals surface area contributed by atoms with Crippen molar-refractivity contribution in [3.63, 3.8) is 0 Å². The Balaban J connectivity index is 1.37. The van der Waals surface area contributed by atoms with Gasteiger partial charge in [-0.05, 0) is 35.9 Å². The predicted molar refractivity (Wildman–Crippen MR) is 125 cm³/mol. The molecule has 0 aromatic heterocycles. The normalized spacial score (nSPS) is 13.5. The number of methoxy groups -OCH3 is 1. The summed E-state index contributed by atoms with van der Waals surface area (Å²) >= 11 is 0. The fourth-order valence-electron chi connectivity index (χ4n) is 3.89. The Hall–Kier alpha value is -3.80. The van der Waals surface area contributed by atoms with E-state index in [1.165, 1.54) is 5.56 Å². The number of hydrogen-bond donors (Lipinski definition) is 1. The number of hydrogen-bond acceptors (Lipinski definition) is 3. The minimum absolute atomic E-state index is 0.00589. The Bertz CT molecular complexity index is 1060. The van der Waals surface area contributed by atoms with Crippen LogP contribution in [0.5, 0.6) is 5.75 Å². The number of anilines is 1. The van der Waals surface area contributed by atoms with Crippen LogP contribution in [0, 0.1) is 0 Å². The van der Waals surface area contributed by atoms with Gasteiger partial charge in [-0.1, -0.05) is 48.5 Å². The van der Waals surface area contributed by atoms with Crippen molar-refractivity contribution >= 4 is 17.6 Å². The second kappa shape index (κ2) is 10.0. The van der Waals surface area contributed by atoms with Crippen LogP contribution in [0.3, 0.4) is 0 Å². The second-order valence-electron chi connectivity index (χ2n) is 7.76. The fraction of sp³-hybridized carbons (Fsp3) is 0.231. The molecule has 0 atom stereocenters. The van der Waals surface area contributed by atoms with E-state index in [4.69, 9.17) is 4.74 Å². The van der Waals surface area contributed by atoms with Crippen molar-refractivity contribution in [2.45, 2.75) is 6.42 Å². The molecule has 1 heterocycles. The molecule has 3 amide bonds. The van der Waals surface area contributed by atoms with Gasteiger partial charge in [0.2, 0.25) is 0 Å². The summed E-state index contributed by atoms with van der Waals surface area (Å²) in [7, 11) is 1.65. The van der Waals surface area contributed by atoms with E-state index in [0.29, 0.717) is 38.2 Å². The highest BCUT2D eigenvalue weighted by molar-refractivity contribution is 5.94. The number of nitrogens with one attached hydrogen (secondary N) is 1. The fourth-order valence-corrected chi connectivity index (χ4v) is 3.89. The van der Waals surface area contributed by atoms with Gasteiger partial charge in [0.1, 0.15) is 5.75 Å². The Morgan fingerprint density at radius 1 is 0.844 bits per heavy atom. The van der Waals surface area contributed by atoms with Crippen LogP contribution in [0.1, 0.15) is 21.5 Å². The molecule has 6 heteroatoms. The minimum atomic E-state index is -0.160. The third-order valence-electron chi connectivity index (χ3n) is 5.64. The van der Waals surface area contributed by atoms with E-state index in [9.17, 15) is 9.59 Å². The highest BCUT2D eigenvalue weighted by Gasteiger charge is 2.25. The third kappa shape index (κ3) is 5.09. The van der Waals surface area contributed by atoms with Gasteiger partial charge in [-0.25, -0.2) is 4.79 Å². The Labute approximate surface area is 188 Å². The first kappa shape index (κ1) is 21.4. The molecule has 3 aromatic carbocycles. The molecule has 1 aliphatic rings. The Morgan fingerprint density at radius 2 is 1.47 bits per heavy atom. The van der Waals surface area contributed by atoms with Gasteiger partial charge < -0.3 is 19.9 Å². The summed E-state index contributed by atoms with van der Waals surface area (Å²) < 4.78 is 5.50. The van der Waals surface area contributed by atoms with Crippen LogP contribution in [-0.4, -0.2) is 55.0 Å². The van der Waals surface area contributed by atoms with Crippen molar-refractivity contribution in [2.24, 2.45) is 0 Å². The molecule has 3 aromatic rings. The van der Waals surface area contributed by atoms with Gasteiger partial charge in [0.15, 0.2) is 0 Å². The van der Waals surface area contributed by atoms with Crippen molar-refractivity contribution in [1.29, 1.82) is 0 Å². The van der Waals surface area contributed by atoms with Crippen molar-refractivity contribution in [3.05, 3.63) is 95.6 Å².